The first kappa shape index (κ1) is 20.4. The van der Waals surface area contributed by atoms with E-state index in [2.05, 4.69) is 43.5 Å². The van der Waals surface area contributed by atoms with Gasteiger partial charge in [0, 0.05) is 25.9 Å². The number of carbonyl (C=O) groups excluding carboxylic acids is 1. The number of anilines is 1. The highest BCUT2D eigenvalue weighted by Crippen LogP contribution is 2.39. The van der Waals surface area contributed by atoms with Crippen LogP contribution in [0.25, 0.3) is 11.6 Å². The monoisotopic (exact) mass is 435 g/mol. The number of esters is 1. The van der Waals surface area contributed by atoms with Crippen LogP contribution in [0.2, 0.25) is 0 Å². The number of nitrogens with zero attached hydrogens (tertiary/aromatic N) is 5. The molecule has 9 heteroatoms. The predicted molar refractivity (Wildman–Crippen MR) is 115 cm³/mol. The van der Waals surface area contributed by atoms with Crippen molar-refractivity contribution in [1.82, 2.24) is 20.4 Å². The molecule has 0 bridgehead atoms. The third-order valence-electron chi connectivity index (χ3n) is 6.09. The molecule has 0 amide bonds. The van der Waals surface area contributed by atoms with E-state index in [-0.39, 0.29) is 23.8 Å². The van der Waals surface area contributed by atoms with E-state index in [1.807, 2.05) is 18.2 Å². The van der Waals surface area contributed by atoms with Crippen LogP contribution in [0.5, 0.6) is 5.75 Å². The van der Waals surface area contributed by atoms with E-state index in [0.29, 0.717) is 12.3 Å². The Hall–Kier alpha value is -3.49. The number of fused-ring (bicyclic) bond motifs is 1. The van der Waals surface area contributed by atoms with Gasteiger partial charge in [0.25, 0.3) is 5.89 Å². The van der Waals surface area contributed by atoms with Gasteiger partial charge in [-0.25, -0.2) is 0 Å². The van der Waals surface area contributed by atoms with Crippen molar-refractivity contribution in [3.63, 3.8) is 0 Å². The molecule has 4 heterocycles. The van der Waals surface area contributed by atoms with E-state index in [0.717, 1.165) is 50.3 Å². The minimum absolute atomic E-state index is 0.0611. The lowest BCUT2D eigenvalue weighted by Crippen LogP contribution is -2.50. The quantitative estimate of drug-likeness (QED) is 0.559. The lowest BCUT2D eigenvalue weighted by atomic mass is 9.83. The van der Waals surface area contributed by atoms with E-state index < -0.39 is 5.97 Å². The molecule has 1 aromatic carbocycles. The number of ether oxygens (including phenoxy) is 2. The molecule has 2 aliphatic rings. The number of benzene rings is 1. The molecule has 32 heavy (non-hydrogen) atoms. The molecule has 0 radical (unpaired) electrons. The van der Waals surface area contributed by atoms with Crippen LogP contribution < -0.4 is 9.64 Å². The molecule has 1 spiro atoms. The van der Waals surface area contributed by atoms with Crippen LogP contribution in [0.4, 0.5) is 5.82 Å². The SMILES string of the molecule is CCOC(=O)Cc1nnc(-c2ccc(N3CCC4(CCc5ccccc5O4)CC3)nn2)o1. The number of para-hydroxylation sites is 1. The third-order valence-corrected chi connectivity index (χ3v) is 6.09. The van der Waals surface area contributed by atoms with Gasteiger partial charge in [-0.3, -0.25) is 4.79 Å². The fraction of sp³-hybridized carbons (Fsp3) is 0.435. The molecule has 5 rings (SSSR count). The van der Waals surface area contributed by atoms with Gasteiger partial charge in [0.1, 0.15) is 23.5 Å². The molecule has 0 atom stereocenters. The van der Waals surface area contributed by atoms with Gasteiger partial charge >= 0.3 is 5.97 Å². The molecule has 9 nitrogen and oxygen atoms in total. The first-order valence-electron chi connectivity index (χ1n) is 11.0. The lowest BCUT2D eigenvalue weighted by Gasteiger charge is -2.44. The van der Waals surface area contributed by atoms with Crippen LogP contribution in [0, 0.1) is 0 Å². The number of hydrogen-bond donors (Lipinski definition) is 0. The van der Waals surface area contributed by atoms with Crippen LogP contribution in [-0.4, -0.2) is 51.7 Å². The van der Waals surface area contributed by atoms with Crippen molar-refractivity contribution in [2.24, 2.45) is 0 Å². The number of hydrogen-bond acceptors (Lipinski definition) is 9. The van der Waals surface area contributed by atoms with Crippen molar-refractivity contribution < 1.29 is 18.7 Å². The topological polar surface area (TPSA) is 103 Å². The van der Waals surface area contributed by atoms with Gasteiger partial charge in [-0.15, -0.1) is 20.4 Å². The highest BCUT2D eigenvalue weighted by molar-refractivity contribution is 5.71. The fourth-order valence-corrected chi connectivity index (χ4v) is 4.32. The second-order valence-electron chi connectivity index (χ2n) is 8.14. The first-order valence-corrected chi connectivity index (χ1v) is 11.0. The molecule has 1 saturated heterocycles. The Morgan fingerprint density at radius 3 is 2.69 bits per heavy atom. The summed E-state index contributed by atoms with van der Waals surface area (Å²) in [5.74, 6) is 1.86. The van der Waals surface area contributed by atoms with Gasteiger partial charge in [0.2, 0.25) is 5.89 Å². The molecule has 1 fully saturated rings. The van der Waals surface area contributed by atoms with Gasteiger partial charge in [0.05, 0.1) is 6.61 Å². The number of carbonyl (C=O) groups is 1. The van der Waals surface area contributed by atoms with Crippen LogP contribution >= 0.6 is 0 Å². The summed E-state index contributed by atoms with van der Waals surface area (Å²) in [6, 6.07) is 12.0. The predicted octanol–water partition coefficient (Wildman–Crippen LogP) is 3.00. The normalized spacial score (nSPS) is 17.0. The van der Waals surface area contributed by atoms with Crippen LogP contribution in [0.3, 0.4) is 0 Å². The number of aromatic nitrogens is 4. The molecule has 0 unspecified atom stereocenters. The first-order chi connectivity index (χ1) is 15.6. The Morgan fingerprint density at radius 1 is 1.06 bits per heavy atom. The van der Waals surface area contributed by atoms with Crippen molar-refractivity contribution in [1.29, 1.82) is 0 Å². The second-order valence-corrected chi connectivity index (χ2v) is 8.14. The summed E-state index contributed by atoms with van der Waals surface area (Å²) in [5.41, 5.74) is 1.68. The van der Waals surface area contributed by atoms with E-state index in [4.69, 9.17) is 13.9 Å². The smallest absolute Gasteiger partial charge is 0.315 e. The zero-order valence-corrected chi connectivity index (χ0v) is 18.0. The molecule has 166 valence electrons. The standard InChI is InChI=1S/C23H25N5O4/c1-2-30-21(29)15-20-26-27-22(31-20)17-7-8-19(25-24-17)28-13-11-23(12-14-28)10-9-16-5-3-4-6-18(16)32-23/h3-8H,2,9-15H2,1H3. The molecular formula is C23H25N5O4. The molecule has 2 aromatic heterocycles. The van der Waals surface area contributed by atoms with Gasteiger partial charge < -0.3 is 18.8 Å². The zero-order valence-electron chi connectivity index (χ0n) is 18.0. The molecule has 0 N–H and O–H groups in total. The number of aryl methyl sites for hydroxylation is 1. The van der Waals surface area contributed by atoms with Crippen molar-refractivity contribution in [3.05, 3.63) is 47.9 Å². The minimum Gasteiger partial charge on any atom is -0.487 e. The summed E-state index contributed by atoms with van der Waals surface area (Å²) in [6.45, 7) is 3.78. The summed E-state index contributed by atoms with van der Waals surface area (Å²) >= 11 is 0. The number of rotatable bonds is 5. The lowest BCUT2D eigenvalue weighted by molar-refractivity contribution is -0.142. The van der Waals surface area contributed by atoms with Crippen molar-refractivity contribution in [2.75, 3.05) is 24.6 Å². The van der Waals surface area contributed by atoms with Crippen LogP contribution in [0.15, 0.2) is 40.8 Å². The summed E-state index contributed by atoms with van der Waals surface area (Å²) in [6.07, 6.45) is 3.95. The maximum Gasteiger partial charge on any atom is 0.315 e. The van der Waals surface area contributed by atoms with E-state index >= 15 is 0 Å². The second kappa shape index (κ2) is 8.57. The molecule has 3 aromatic rings. The fourth-order valence-electron chi connectivity index (χ4n) is 4.32. The van der Waals surface area contributed by atoms with E-state index in [1.165, 1.54) is 5.56 Å². The molecule has 0 saturated carbocycles. The maximum atomic E-state index is 11.6. The van der Waals surface area contributed by atoms with Crippen molar-refractivity contribution in [3.8, 4) is 17.3 Å². The van der Waals surface area contributed by atoms with Crippen LogP contribution in [-0.2, 0) is 22.4 Å². The Balaban J connectivity index is 1.21. The van der Waals surface area contributed by atoms with Crippen LogP contribution in [0.1, 0.15) is 37.6 Å². The van der Waals surface area contributed by atoms with Crippen molar-refractivity contribution in [2.45, 2.75) is 44.6 Å². The molecular weight excluding hydrogens is 410 g/mol. The summed E-state index contributed by atoms with van der Waals surface area (Å²) in [5, 5.41) is 16.5. The van der Waals surface area contributed by atoms with Gasteiger partial charge in [-0.2, -0.15) is 0 Å². The highest BCUT2D eigenvalue weighted by atomic mass is 16.5. The van der Waals surface area contributed by atoms with Gasteiger partial charge in [-0.1, -0.05) is 18.2 Å². The maximum absolute atomic E-state index is 11.6. The average Bonchev–Trinajstić information content (AvgIpc) is 3.28. The van der Waals surface area contributed by atoms with E-state index in [1.54, 1.807) is 6.92 Å². The van der Waals surface area contributed by atoms with Crippen molar-refractivity contribution >= 4 is 11.8 Å². The van der Waals surface area contributed by atoms with Gasteiger partial charge in [0.15, 0.2) is 5.82 Å². The Kier molecular flexibility index (Phi) is 5.46. The number of piperidine rings is 1. The Bertz CT molecular complexity index is 1090. The Morgan fingerprint density at radius 2 is 1.91 bits per heavy atom. The summed E-state index contributed by atoms with van der Waals surface area (Å²) in [7, 11) is 0. The molecule has 0 aliphatic carbocycles. The Labute approximate surface area is 185 Å². The minimum atomic E-state index is -0.405. The largest absolute Gasteiger partial charge is 0.487 e. The third kappa shape index (κ3) is 4.15. The average molecular weight is 435 g/mol. The summed E-state index contributed by atoms with van der Waals surface area (Å²) in [4.78, 5) is 13.8. The summed E-state index contributed by atoms with van der Waals surface area (Å²) < 4.78 is 16.9. The van der Waals surface area contributed by atoms with Gasteiger partial charge in [-0.05, 0) is 43.5 Å². The van der Waals surface area contributed by atoms with E-state index in [9.17, 15) is 4.79 Å². The highest BCUT2D eigenvalue weighted by Gasteiger charge is 2.39. The zero-order chi connectivity index (χ0) is 22.0. The molecule has 2 aliphatic heterocycles.